The zero-order valence-electron chi connectivity index (χ0n) is 12.4. The molecule has 0 aliphatic carbocycles. The van der Waals surface area contributed by atoms with E-state index in [2.05, 4.69) is 25.7 Å². The fraction of sp³-hybridized carbons (Fsp3) is 1.00. The predicted molar refractivity (Wildman–Crippen MR) is 76.6 cm³/mol. The summed E-state index contributed by atoms with van der Waals surface area (Å²) in [5, 5.41) is 0. The van der Waals surface area contributed by atoms with E-state index in [0.29, 0.717) is 5.67 Å². The Hall–Kier alpha value is 0.0969. The monoisotopic (exact) mass is 261 g/mol. The van der Waals surface area contributed by atoms with Crippen molar-refractivity contribution in [3.63, 3.8) is 0 Å². The summed E-state index contributed by atoms with van der Waals surface area (Å²) in [5.41, 5.74) is 0.517. The van der Waals surface area contributed by atoms with E-state index >= 15 is 0 Å². The maximum absolute atomic E-state index is 5.57. The molecule has 0 aromatic heterocycles. The van der Waals surface area contributed by atoms with Gasteiger partial charge in [-0.3, -0.25) is 4.90 Å². The first-order chi connectivity index (χ1) is 8.24. The van der Waals surface area contributed by atoms with Crippen LogP contribution in [0.1, 0.15) is 52.9 Å². The van der Waals surface area contributed by atoms with Gasteiger partial charge in [0.1, 0.15) is 0 Å². The third-order valence-corrected chi connectivity index (χ3v) is 5.71. The van der Waals surface area contributed by atoms with Crippen molar-refractivity contribution in [3.8, 4) is 0 Å². The molecule has 0 aliphatic heterocycles. The Bertz CT molecular complexity index is 157. The molecule has 0 bridgehead atoms. The number of hydrogen-bond acceptors (Lipinski definition) is 3. The first kappa shape index (κ1) is 17.1. The lowest BCUT2D eigenvalue weighted by Crippen LogP contribution is -2.49. The Kier molecular flexibility index (Phi) is 11.3. The van der Waals surface area contributed by atoms with Gasteiger partial charge in [0.2, 0.25) is 0 Å². The molecule has 0 rings (SSSR count). The topological polar surface area (TPSA) is 21.7 Å². The predicted octanol–water partition coefficient (Wildman–Crippen LogP) is 2.72. The maximum atomic E-state index is 5.57. The summed E-state index contributed by atoms with van der Waals surface area (Å²) in [5.74, 6) is 0. The van der Waals surface area contributed by atoms with Crippen LogP contribution in [0.2, 0.25) is 0 Å². The van der Waals surface area contributed by atoms with Crippen LogP contribution in [0.3, 0.4) is 0 Å². The van der Waals surface area contributed by atoms with Gasteiger partial charge in [0.15, 0.2) is 0 Å². The van der Waals surface area contributed by atoms with Crippen LogP contribution < -0.4 is 0 Å². The number of unbranched alkanes of at least 4 members (excludes halogenated alkanes) is 2. The summed E-state index contributed by atoms with van der Waals surface area (Å²) >= 11 is 0. The average molecular weight is 261 g/mol. The van der Waals surface area contributed by atoms with Gasteiger partial charge in [0.05, 0.1) is 5.67 Å². The van der Waals surface area contributed by atoms with Crippen LogP contribution in [0.4, 0.5) is 0 Å². The molecule has 0 N–H and O–H groups in total. The molecule has 0 saturated carbocycles. The third-order valence-electron chi connectivity index (χ3n) is 3.26. The molecule has 0 fully saturated rings. The normalized spacial score (nSPS) is 13.6. The second kappa shape index (κ2) is 11.2. The molecule has 0 aromatic rings. The van der Waals surface area contributed by atoms with Crippen LogP contribution >= 0.6 is 0 Å². The van der Waals surface area contributed by atoms with Gasteiger partial charge in [0, 0.05) is 14.2 Å². The van der Waals surface area contributed by atoms with E-state index in [4.69, 9.17) is 8.85 Å². The molecule has 4 heteroatoms. The maximum Gasteiger partial charge on any atom is 0.338 e. The van der Waals surface area contributed by atoms with Gasteiger partial charge in [0.25, 0.3) is 0 Å². The second-order valence-corrected chi connectivity index (χ2v) is 7.01. The lowest BCUT2D eigenvalue weighted by molar-refractivity contribution is 0.173. The summed E-state index contributed by atoms with van der Waals surface area (Å²) in [6.45, 7) is 9.12. The Labute approximate surface area is 109 Å². The van der Waals surface area contributed by atoms with Crippen molar-refractivity contribution >= 4 is 9.28 Å². The SMILES string of the molecule is CCCCN(CCCC)C(CC)[SiH](OC)OC. The van der Waals surface area contributed by atoms with Gasteiger partial charge >= 0.3 is 9.28 Å². The van der Waals surface area contributed by atoms with Crippen LogP contribution in [0, 0.1) is 0 Å². The lowest BCUT2D eigenvalue weighted by atomic mass is 10.2. The zero-order chi connectivity index (χ0) is 13.1. The number of hydrogen-bond donors (Lipinski definition) is 0. The van der Waals surface area contributed by atoms with E-state index in [1.807, 2.05) is 0 Å². The van der Waals surface area contributed by atoms with Crippen LogP contribution in [-0.4, -0.2) is 47.2 Å². The fourth-order valence-electron chi connectivity index (χ4n) is 2.20. The summed E-state index contributed by atoms with van der Waals surface area (Å²) in [4.78, 5) is 2.59. The van der Waals surface area contributed by atoms with E-state index in [-0.39, 0.29) is 0 Å². The highest BCUT2D eigenvalue weighted by Crippen LogP contribution is 2.12. The molecule has 0 heterocycles. The summed E-state index contributed by atoms with van der Waals surface area (Å²) in [6.07, 6.45) is 6.19. The first-order valence-electron chi connectivity index (χ1n) is 7.04. The Balaban J connectivity index is 4.45. The number of nitrogens with zero attached hydrogens (tertiary/aromatic N) is 1. The zero-order valence-corrected chi connectivity index (χ0v) is 13.5. The minimum atomic E-state index is -1.52. The molecule has 1 atom stereocenters. The van der Waals surface area contributed by atoms with Crippen molar-refractivity contribution in [2.45, 2.75) is 58.5 Å². The molecule has 104 valence electrons. The molecule has 0 amide bonds. The molecular weight excluding hydrogens is 230 g/mol. The van der Waals surface area contributed by atoms with Crippen molar-refractivity contribution in [3.05, 3.63) is 0 Å². The second-order valence-electron chi connectivity index (χ2n) is 4.56. The minimum Gasteiger partial charge on any atom is -0.399 e. The molecule has 0 saturated heterocycles. The molecule has 17 heavy (non-hydrogen) atoms. The number of rotatable bonds is 11. The van der Waals surface area contributed by atoms with Gasteiger partial charge in [-0.25, -0.2) is 0 Å². The Morgan fingerprint density at radius 2 is 1.41 bits per heavy atom. The third kappa shape index (κ3) is 6.55. The summed E-state index contributed by atoms with van der Waals surface area (Å²) in [6, 6.07) is 0. The van der Waals surface area contributed by atoms with Crippen LogP contribution in [0.5, 0.6) is 0 Å². The van der Waals surface area contributed by atoms with E-state index in [9.17, 15) is 0 Å². The van der Waals surface area contributed by atoms with Crippen molar-refractivity contribution in [2.75, 3.05) is 27.3 Å². The quantitative estimate of drug-likeness (QED) is 0.534. The summed E-state index contributed by atoms with van der Waals surface area (Å²) < 4.78 is 11.1. The van der Waals surface area contributed by atoms with Crippen molar-refractivity contribution < 1.29 is 8.85 Å². The standard InChI is InChI=1S/C13H31NO2Si/c1-6-9-11-14(12-10-7-2)13(8-3)17(15-4)16-5/h13,17H,6-12H2,1-5H3. The largest absolute Gasteiger partial charge is 0.399 e. The molecule has 1 unspecified atom stereocenters. The van der Waals surface area contributed by atoms with E-state index < -0.39 is 9.28 Å². The average Bonchev–Trinajstić information content (AvgIpc) is 2.37. The fourth-order valence-corrected chi connectivity index (χ4v) is 4.05. The molecule has 3 nitrogen and oxygen atoms in total. The van der Waals surface area contributed by atoms with Crippen LogP contribution in [0.15, 0.2) is 0 Å². The minimum absolute atomic E-state index is 0.517. The molecule has 0 aliphatic rings. The van der Waals surface area contributed by atoms with Crippen molar-refractivity contribution in [1.82, 2.24) is 4.90 Å². The highest BCUT2D eigenvalue weighted by molar-refractivity contribution is 6.46. The van der Waals surface area contributed by atoms with Gasteiger partial charge in [-0.05, 0) is 32.4 Å². The Morgan fingerprint density at radius 3 is 1.71 bits per heavy atom. The van der Waals surface area contributed by atoms with Gasteiger partial charge in [-0.2, -0.15) is 0 Å². The lowest BCUT2D eigenvalue weighted by Gasteiger charge is -2.33. The highest BCUT2D eigenvalue weighted by Gasteiger charge is 2.28. The van der Waals surface area contributed by atoms with E-state index in [1.54, 1.807) is 14.2 Å². The van der Waals surface area contributed by atoms with Gasteiger partial charge in [-0.15, -0.1) is 0 Å². The van der Waals surface area contributed by atoms with Gasteiger partial charge in [-0.1, -0.05) is 33.6 Å². The molecular formula is C13H31NO2Si. The first-order valence-corrected chi connectivity index (χ1v) is 8.65. The van der Waals surface area contributed by atoms with Crippen molar-refractivity contribution in [1.29, 1.82) is 0 Å². The van der Waals surface area contributed by atoms with E-state index in [0.717, 1.165) is 6.42 Å². The van der Waals surface area contributed by atoms with Gasteiger partial charge < -0.3 is 8.85 Å². The molecule has 0 aromatic carbocycles. The van der Waals surface area contributed by atoms with Crippen LogP contribution in [0.25, 0.3) is 0 Å². The highest BCUT2D eigenvalue weighted by atomic mass is 28.3. The van der Waals surface area contributed by atoms with Crippen molar-refractivity contribution in [2.24, 2.45) is 0 Å². The smallest absolute Gasteiger partial charge is 0.338 e. The van der Waals surface area contributed by atoms with E-state index in [1.165, 1.54) is 38.8 Å². The molecule has 0 spiro atoms. The summed E-state index contributed by atoms with van der Waals surface area (Å²) in [7, 11) is 2.06. The Morgan fingerprint density at radius 1 is 0.941 bits per heavy atom. The molecule has 0 radical (unpaired) electrons. The van der Waals surface area contributed by atoms with Crippen LogP contribution in [-0.2, 0) is 8.85 Å².